The molecule has 1 saturated heterocycles. The van der Waals surface area contributed by atoms with Gasteiger partial charge in [-0.1, -0.05) is 13.3 Å². The molecule has 1 heterocycles. The van der Waals surface area contributed by atoms with Gasteiger partial charge in [-0.3, -0.25) is 4.79 Å². The molecule has 1 amide bonds. The summed E-state index contributed by atoms with van der Waals surface area (Å²) < 4.78 is 4.39. The number of likely N-dealkylation sites (tertiary alicyclic amines) is 1. The molecule has 1 fully saturated rings. The Labute approximate surface area is 84.2 Å². The van der Waals surface area contributed by atoms with Crippen LogP contribution in [0.5, 0.6) is 0 Å². The molecule has 0 radical (unpaired) electrons. The zero-order chi connectivity index (χ0) is 10.6. The van der Waals surface area contributed by atoms with Crippen LogP contribution < -0.4 is 0 Å². The Bertz CT molecular complexity index is 219. The number of piperidine rings is 1. The van der Waals surface area contributed by atoms with Crippen molar-refractivity contribution in [3.63, 3.8) is 0 Å². The lowest BCUT2D eigenvalue weighted by Crippen LogP contribution is -2.42. The third kappa shape index (κ3) is 2.47. The van der Waals surface area contributed by atoms with Crippen molar-refractivity contribution in [3.05, 3.63) is 0 Å². The zero-order valence-electron chi connectivity index (χ0n) is 8.78. The Morgan fingerprint density at radius 1 is 1.36 bits per heavy atom. The Balaban J connectivity index is 2.41. The summed E-state index contributed by atoms with van der Waals surface area (Å²) in [4.78, 5) is 23.9. The van der Waals surface area contributed by atoms with E-state index in [0.717, 1.165) is 19.3 Å². The lowest BCUT2D eigenvalue weighted by atomic mass is 9.94. The van der Waals surface area contributed by atoms with Gasteiger partial charge in [0.05, 0.1) is 7.11 Å². The topological polar surface area (TPSA) is 46.6 Å². The second-order valence-electron chi connectivity index (χ2n) is 3.64. The van der Waals surface area contributed by atoms with Gasteiger partial charge in [0, 0.05) is 13.1 Å². The van der Waals surface area contributed by atoms with Crippen LogP contribution in [0, 0.1) is 5.92 Å². The quantitative estimate of drug-likeness (QED) is 0.463. The summed E-state index contributed by atoms with van der Waals surface area (Å²) in [7, 11) is 1.24. The first-order valence-corrected chi connectivity index (χ1v) is 5.06. The molecule has 0 aromatic heterocycles. The van der Waals surface area contributed by atoms with Gasteiger partial charge in [0.25, 0.3) is 0 Å². The van der Waals surface area contributed by atoms with Crippen molar-refractivity contribution in [1.82, 2.24) is 4.90 Å². The van der Waals surface area contributed by atoms with Crippen LogP contribution in [-0.2, 0) is 14.3 Å². The highest BCUT2D eigenvalue weighted by Gasteiger charge is 2.26. The van der Waals surface area contributed by atoms with Crippen LogP contribution in [0.15, 0.2) is 0 Å². The van der Waals surface area contributed by atoms with Crippen molar-refractivity contribution in [2.45, 2.75) is 26.2 Å². The molecule has 14 heavy (non-hydrogen) atoms. The molecule has 4 nitrogen and oxygen atoms in total. The van der Waals surface area contributed by atoms with E-state index in [1.54, 1.807) is 4.90 Å². The number of esters is 1. The summed E-state index contributed by atoms with van der Waals surface area (Å²) in [6.45, 7) is 3.53. The summed E-state index contributed by atoms with van der Waals surface area (Å²) in [5, 5.41) is 0. The maximum absolute atomic E-state index is 11.4. The second kappa shape index (κ2) is 4.98. The lowest BCUT2D eigenvalue weighted by molar-refractivity contribution is -0.158. The third-order valence-electron chi connectivity index (χ3n) is 2.84. The number of carbonyl (C=O) groups excluding carboxylic acids is 2. The minimum Gasteiger partial charge on any atom is -0.462 e. The van der Waals surface area contributed by atoms with Crippen molar-refractivity contribution < 1.29 is 14.3 Å². The van der Waals surface area contributed by atoms with Crippen molar-refractivity contribution in [3.8, 4) is 0 Å². The average Bonchev–Trinajstić information content (AvgIpc) is 2.27. The van der Waals surface area contributed by atoms with Crippen LogP contribution in [0.3, 0.4) is 0 Å². The molecule has 0 spiro atoms. The third-order valence-corrected chi connectivity index (χ3v) is 2.84. The molecule has 1 rings (SSSR count). The van der Waals surface area contributed by atoms with Gasteiger partial charge in [-0.15, -0.1) is 0 Å². The van der Waals surface area contributed by atoms with Gasteiger partial charge in [0.2, 0.25) is 0 Å². The summed E-state index contributed by atoms with van der Waals surface area (Å²) in [5.41, 5.74) is 0. The minimum absolute atomic E-state index is 0.498. The SMILES string of the molecule is CCC1CCN(C(=O)C(=O)OC)CC1. The summed E-state index contributed by atoms with van der Waals surface area (Å²) in [6.07, 6.45) is 3.15. The van der Waals surface area contributed by atoms with Crippen molar-refractivity contribution in [1.29, 1.82) is 0 Å². The Kier molecular flexibility index (Phi) is 3.92. The molecule has 0 unspecified atom stereocenters. The number of hydrogen-bond acceptors (Lipinski definition) is 3. The minimum atomic E-state index is -0.750. The molecule has 1 aliphatic rings. The fraction of sp³-hybridized carbons (Fsp3) is 0.800. The monoisotopic (exact) mass is 199 g/mol. The van der Waals surface area contributed by atoms with E-state index in [2.05, 4.69) is 11.7 Å². The van der Waals surface area contributed by atoms with Crippen LogP contribution in [0.4, 0.5) is 0 Å². The van der Waals surface area contributed by atoms with E-state index in [1.807, 2.05) is 0 Å². The fourth-order valence-corrected chi connectivity index (χ4v) is 1.76. The predicted molar refractivity (Wildman–Crippen MR) is 51.6 cm³/mol. The molecule has 0 N–H and O–H groups in total. The van der Waals surface area contributed by atoms with Gasteiger partial charge < -0.3 is 9.64 Å². The number of rotatable bonds is 1. The van der Waals surface area contributed by atoms with Crippen molar-refractivity contribution in [2.24, 2.45) is 5.92 Å². The Morgan fingerprint density at radius 2 is 1.93 bits per heavy atom. The molecule has 4 heteroatoms. The van der Waals surface area contributed by atoms with Crippen LogP contribution in [-0.4, -0.2) is 37.0 Å². The number of amides is 1. The number of hydrogen-bond donors (Lipinski definition) is 0. The van der Waals surface area contributed by atoms with E-state index in [0.29, 0.717) is 19.0 Å². The van der Waals surface area contributed by atoms with Gasteiger partial charge in [0.1, 0.15) is 0 Å². The van der Waals surface area contributed by atoms with Gasteiger partial charge >= 0.3 is 11.9 Å². The van der Waals surface area contributed by atoms with Crippen LogP contribution in [0.25, 0.3) is 0 Å². The average molecular weight is 199 g/mol. The van der Waals surface area contributed by atoms with Crippen molar-refractivity contribution in [2.75, 3.05) is 20.2 Å². The second-order valence-corrected chi connectivity index (χ2v) is 3.64. The smallest absolute Gasteiger partial charge is 0.396 e. The van der Waals surface area contributed by atoms with Crippen LogP contribution in [0.1, 0.15) is 26.2 Å². The standard InChI is InChI=1S/C10H17NO3/c1-3-8-4-6-11(7-5-8)9(12)10(13)14-2/h8H,3-7H2,1-2H3. The number of carbonyl (C=O) groups is 2. The zero-order valence-corrected chi connectivity index (χ0v) is 8.78. The number of methoxy groups -OCH3 is 1. The van der Waals surface area contributed by atoms with E-state index in [4.69, 9.17) is 0 Å². The first kappa shape index (κ1) is 11.0. The van der Waals surface area contributed by atoms with Gasteiger partial charge in [-0.25, -0.2) is 4.79 Å². The molecule has 0 atom stereocenters. The van der Waals surface area contributed by atoms with E-state index in [9.17, 15) is 9.59 Å². The van der Waals surface area contributed by atoms with E-state index >= 15 is 0 Å². The molecule has 80 valence electrons. The lowest BCUT2D eigenvalue weighted by Gasteiger charge is -2.30. The fourth-order valence-electron chi connectivity index (χ4n) is 1.76. The molecule has 0 bridgehead atoms. The highest BCUT2D eigenvalue weighted by Crippen LogP contribution is 2.19. The summed E-state index contributed by atoms with van der Waals surface area (Å²) in [5.74, 6) is -0.543. The summed E-state index contributed by atoms with van der Waals surface area (Å²) in [6, 6.07) is 0. The number of ether oxygens (including phenoxy) is 1. The number of nitrogens with zero attached hydrogens (tertiary/aromatic N) is 1. The van der Waals surface area contributed by atoms with Crippen molar-refractivity contribution >= 4 is 11.9 Å². The normalized spacial score (nSPS) is 18.0. The molecule has 1 aliphatic heterocycles. The predicted octanol–water partition coefficient (Wildman–Crippen LogP) is 0.808. The molecule has 0 saturated carbocycles. The molecular formula is C10H17NO3. The Hall–Kier alpha value is -1.06. The first-order valence-electron chi connectivity index (χ1n) is 5.06. The maximum atomic E-state index is 11.4. The molecule has 0 aromatic carbocycles. The maximum Gasteiger partial charge on any atom is 0.396 e. The van der Waals surface area contributed by atoms with E-state index < -0.39 is 11.9 Å². The molecule has 0 aliphatic carbocycles. The highest BCUT2D eigenvalue weighted by atomic mass is 16.5. The van der Waals surface area contributed by atoms with Gasteiger partial charge in [0.15, 0.2) is 0 Å². The van der Waals surface area contributed by atoms with Crippen LogP contribution >= 0.6 is 0 Å². The largest absolute Gasteiger partial charge is 0.462 e. The first-order chi connectivity index (χ1) is 6.69. The molecule has 0 aromatic rings. The van der Waals surface area contributed by atoms with E-state index in [-0.39, 0.29) is 0 Å². The molecular weight excluding hydrogens is 182 g/mol. The van der Waals surface area contributed by atoms with Gasteiger partial charge in [-0.05, 0) is 18.8 Å². The Morgan fingerprint density at radius 3 is 2.36 bits per heavy atom. The van der Waals surface area contributed by atoms with E-state index in [1.165, 1.54) is 7.11 Å². The van der Waals surface area contributed by atoms with Gasteiger partial charge in [-0.2, -0.15) is 0 Å². The summed E-state index contributed by atoms with van der Waals surface area (Å²) >= 11 is 0. The highest BCUT2D eigenvalue weighted by molar-refractivity contribution is 6.32. The van der Waals surface area contributed by atoms with Crippen LogP contribution in [0.2, 0.25) is 0 Å².